The van der Waals surface area contributed by atoms with Crippen molar-refractivity contribution in [1.29, 1.82) is 0 Å². The molecule has 64 heavy (non-hydrogen) atoms. The molecule has 8 rings (SSSR count). The number of amides is 2. The minimum atomic E-state index is -4.24. The van der Waals surface area contributed by atoms with Crippen LogP contribution in [0.1, 0.15) is 125 Å². The Kier molecular flexibility index (Phi) is 15.1. The first-order valence-corrected chi connectivity index (χ1v) is 23.7. The number of hydrogen-bond acceptors (Lipinski definition) is 10. The van der Waals surface area contributed by atoms with Gasteiger partial charge in [-0.15, -0.1) is 0 Å². The molecule has 14 nitrogen and oxygen atoms in total. The first kappa shape index (κ1) is 46.2. The predicted octanol–water partition coefficient (Wildman–Crippen LogP) is 6.94. The second-order valence-electron chi connectivity index (χ2n) is 18.8. The molecule has 4 aliphatic rings. The Balaban J connectivity index is 0.707. The third-order valence-corrected chi connectivity index (χ3v) is 14.3. The Hall–Kier alpha value is -4.32. The molecule has 1 atom stereocenters. The van der Waals surface area contributed by atoms with E-state index in [-0.39, 0.29) is 42.7 Å². The van der Waals surface area contributed by atoms with E-state index in [0.717, 1.165) is 106 Å². The summed E-state index contributed by atoms with van der Waals surface area (Å²) < 4.78 is 55.5. The maximum atomic E-state index is 13.1. The Bertz CT molecular complexity index is 2270. The number of benzene rings is 1. The zero-order valence-corrected chi connectivity index (χ0v) is 37.1. The lowest BCUT2D eigenvalue weighted by atomic mass is 9.78. The standard InChI is InChI=1S/C47H65F3N8O6/c1-55-41-27-32(6-13-39(41)58(46(55)62)40-14-15-42(60)53-44(40)61)3-2-23-63-25-26-64-24-18-31-16-21-56(22-17-31)29-33-4-7-34(8-5-33)38-30-57(35-9-11-36(59)12-10-35)43-37(38)28-52-45(54-43)51-20-19-47(48,49)50/h6,13,27-28,30-31,33-36,40,59H,2-5,7-12,14-26,29H2,1H3,(H,51,52,54)(H,53,60,61)/t33?,34?,35?,36?,40-/m0/s1. The SMILES string of the molecule is Cn1c(=O)n([C@H]2CCC(=O)NC2=O)c2ccc(CCCOCCOCCC3CCN(CC4CCC(c5cn(C6CCC(O)CC6)c6nc(NCCC(F)(F)F)ncc56)CC4)CC3)cc21. The molecule has 0 radical (unpaired) electrons. The van der Waals surface area contributed by atoms with Crippen LogP contribution in [-0.2, 0) is 32.5 Å². The molecule has 4 fully saturated rings. The average molecular weight is 895 g/mol. The van der Waals surface area contributed by atoms with Crippen LogP contribution in [-0.4, -0.2) is 110 Å². The number of imidazole rings is 1. The fraction of sp³-hybridized carbons (Fsp3) is 0.681. The molecule has 2 aliphatic heterocycles. The van der Waals surface area contributed by atoms with Crippen LogP contribution in [0.4, 0.5) is 19.1 Å². The van der Waals surface area contributed by atoms with Gasteiger partial charge in [0.1, 0.15) is 11.7 Å². The molecule has 2 amide bonds. The Labute approximate surface area is 372 Å². The van der Waals surface area contributed by atoms with Crippen molar-refractivity contribution in [2.75, 3.05) is 57.9 Å². The van der Waals surface area contributed by atoms with E-state index in [4.69, 9.17) is 14.5 Å². The van der Waals surface area contributed by atoms with Crippen LogP contribution in [0.5, 0.6) is 0 Å². The molecule has 0 bridgehead atoms. The third-order valence-electron chi connectivity index (χ3n) is 14.3. The van der Waals surface area contributed by atoms with Crippen LogP contribution in [0.15, 0.2) is 35.4 Å². The van der Waals surface area contributed by atoms with Crippen molar-refractivity contribution in [1.82, 2.24) is 33.9 Å². The van der Waals surface area contributed by atoms with Gasteiger partial charge in [-0.3, -0.25) is 24.0 Å². The number of hydrogen-bond donors (Lipinski definition) is 3. The number of alkyl halides is 3. The lowest BCUT2D eigenvalue weighted by molar-refractivity contribution is -0.136. The molecule has 0 unspecified atom stereocenters. The lowest BCUT2D eigenvalue weighted by Crippen LogP contribution is -2.44. The van der Waals surface area contributed by atoms with Gasteiger partial charge in [0.15, 0.2) is 0 Å². The zero-order chi connectivity index (χ0) is 44.8. The second kappa shape index (κ2) is 20.9. The Morgan fingerprint density at radius 3 is 2.38 bits per heavy atom. The number of aryl methyl sites for hydroxylation is 2. The zero-order valence-electron chi connectivity index (χ0n) is 37.1. The largest absolute Gasteiger partial charge is 0.393 e. The van der Waals surface area contributed by atoms with Gasteiger partial charge in [-0.2, -0.15) is 18.2 Å². The molecule has 5 heterocycles. The first-order valence-electron chi connectivity index (χ1n) is 23.7. The minimum Gasteiger partial charge on any atom is -0.393 e. The molecule has 2 saturated heterocycles. The van der Waals surface area contributed by atoms with Crippen molar-refractivity contribution >= 4 is 39.8 Å². The van der Waals surface area contributed by atoms with Crippen LogP contribution in [0.2, 0.25) is 0 Å². The number of fused-ring (bicyclic) bond motifs is 2. The summed E-state index contributed by atoms with van der Waals surface area (Å²) in [6.45, 7) is 5.62. The maximum Gasteiger partial charge on any atom is 0.390 e. The number of aliphatic hydroxyl groups is 1. The summed E-state index contributed by atoms with van der Waals surface area (Å²) in [6.07, 6.45) is 11.9. The minimum absolute atomic E-state index is 0.201. The van der Waals surface area contributed by atoms with Crippen LogP contribution in [0.25, 0.3) is 22.1 Å². The number of aromatic nitrogens is 5. The topological polar surface area (TPSA) is 158 Å². The molecule has 3 N–H and O–H groups in total. The number of likely N-dealkylation sites (tertiary alicyclic amines) is 1. The highest BCUT2D eigenvalue weighted by Gasteiger charge is 2.33. The number of anilines is 1. The van der Waals surface area contributed by atoms with E-state index in [2.05, 4.69) is 31.3 Å². The third kappa shape index (κ3) is 11.4. The smallest absolute Gasteiger partial charge is 0.390 e. The number of halogens is 3. The highest BCUT2D eigenvalue weighted by atomic mass is 19.4. The van der Waals surface area contributed by atoms with Crippen LogP contribution >= 0.6 is 0 Å². The van der Waals surface area contributed by atoms with Gasteiger partial charge in [0.05, 0.1) is 36.8 Å². The van der Waals surface area contributed by atoms with Gasteiger partial charge in [-0.25, -0.2) is 9.78 Å². The molecule has 17 heteroatoms. The lowest BCUT2D eigenvalue weighted by Gasteiger charge is -2.36. The summed E-state index contributed by atoms with van der Waals surface area (Å²) in [5, 5.41) is 16.3. The Morgan fingerprint density at radius 2 is 1.64 bits per heavy atom. The molecule has 3 aromatic heterocycles. The molecule has 2 saturated carbocycles. The predicted molar refractivity (Wildman–Crippen MR) is 237 cm³/mol. The molecule has 1 aromatic carbocycles. The van der Waals surface area contributed by atoms with E-state index >= 15 is 0 Å². The van der Waals surface area contributed by atoms with Crippen molar-refractivity contribution < 1.29 is 37.3 Å². The molecular weight excluding hydrogens is 830 g/mol. The monoisotopic (exact) mass is 894 g/mol. The second-order valence-corrected chi connectivity index (χ2v) is 18.8. The highest BCUT2D eigenvalue weighted by molar-refractivity contribution is 6.00. The van der Waals surface area contributed by atoms with E-state index in [1.54, 1.807) is 17.8 Å². The van der Waals surface area contributed by atoms with Crippen molar-refractivity contribution in [3.63, 3.8) is 0 Å². The van der Waals surface area contributed by atoms with Crippen LogP contribution in [0, 0.1) is 11.8 Å². The van der Waals surface area contributed by atoms with Crippen molar-refractivity contribution in [3.05, 3.63) is 52.2 Å². The van der Waals surface area contributed by atoms with E-state index in [1.807, 2.05) is 18.2 Å². The average Bonchev–Trinajstić information content (AvgIpc) is 3.77. The van der Waals surface area contributed by atoms with E-state index < -0.39 is 24.5 Å². The molecule has 4 aromatic rings. The fourth-order valence-electron chi connectivity index (χ4n) is 10.6. The quantitative estimate of drug-likeness (QED) is 0.0706. The summed E-state index contributed by atoms with van der Waals surface area (Å²) in [5.41, 5.74) is 4.31. The van der Waals surface area contributed by atoms with Gasteiger partial charge < -0.3 is 29.4 Å². The fourth-order valence-corrected chi connectivity index (χ4v) is 10.6. The number of aliphatic hydroxyl groups excluding tert-OH is 1. The summed E-state index contributed by atoms with van der Waals surface area (Å²) in [6, 6.07) is 5.39. The van der Waals surface area contributed by atoms with Gasteiger partial charge in [0, 0.05) is 63.6 Å². The van der Waals surface area contributed by atoms with E-state index in [1.165, 1.54) is 35.8 Å². The van der Waals surface area contributed by atoms with Crippen molar-refractivity contribution in [3.8, 4) is 0 Å². The number of ether oxygens (including phenoxy) is 2. The van der Waals surface area contributed by atoms with Crippen molar-refractivity contribution in [2.24, 2.45) is 18.9 Å². The molecule has 0 spiro atoms. The van der Waals surface area contributed by atoms with Gasteiger partial charge in [-0.05, 0) is 144 Å². The molecule has 350 valence electrons. The summed E-state index contributed by atoms with van der Waals surface area (Å²) in [4.78, 5) is 49.0. The highest BCUT2D eigenvalue weighted by Crippen LogP contribution is 2.42. The van der Waals surface area contributed by atoms with E-state index in [0.29, 0.717) is 49.5 Å². The number of rotatable bonds is 18. The number of nitrogens with one attached hydrogen (secondary N) is 2. The number of imide groups is 1. The molecular formula is C47H65F3N8O6. The maximum absolute atomic E-state index is 13.1. The van der Waals surface area contributed by atoms with Gasteiger partial charge >= 0.3 is 11.9 Å². The summed E-state index contributed by atoms with van der Waals surface area (Å²) >= 11 is 0. The van der Waals surface area contributed by atoms with Gasteiger partial charge in [0.25, 0.3) is 0 Å². The van der Waals surface area contributed by atoms with Gasteiger partial charge in [-0.1, -0.05) is 6.07 Å². The normalized spacial score (nSPS) is 24.2. The first-order chi connectivity index (χ1) is 30.9. The van der Waals surface area contributed by atoms with Crippen molar-refractivity contribution in [2.45, 2.75) is 133 Å². The summed E-state index contributed by atoms with van der Waals surface area (Å²) in [7, 11) is 1.71. The van der Waals surface area contributed by atoms with Crippen LogP contribution in [0.3, 0.4) is 0 Å². The summed E-state index contributed by atoms with van der Waals surface area (Å²) in [5.74, 6) is 1.23. The number of carbonyl (C=O) groups excluding carboxylic acids is 2. The number of carbonyl (C=O) groups is 2. The van der Waals surface area contributed by atoms with E-state index in [9.17, 15) is 32.7 Å². The number of nitrogens with zero attached hydrogens (tertiary/aromatic N) is 6. The van der Waals surface area contributed by atoms with Gasteiger partial charge in [0.2, 0.25) is 17.8 Å². The van der Waals surface area contributed by atoms with Crippen LogP contribution < -0.4 is 16.3 Å². The Morgan fingerprint density at radius 1 is 0.891 bits per heavy atom. The molecule has 2 aliphatic carbocycles. The number of piperidine rings is 2.